The summed E-state index contributed by atoms with van der Waals surface area (Å²) in [7, 11) is -4.01. The standard InChI is InChI=1S/C25H21F3N4O2S2/c1-17-7-9-19(10-8-17)22-15-23(25(26,27)28)30-32(22)20-11-13-21(14-12-20)36(33,34)31-24(35)29-16-18-5-3-2-4-6-18/h2-15H,16H2,1H3,(H2,29,31,35). The first-order valence-electron chi connectivity index (χ1n) is 10.7. The van der Waals surface area contributed by atoms with Crippen LogP contribution in [0.1, 0.15) is 16.8 Å². The van der Waals surface area contributed by atoms with E-state index < -0.39 is 21.9 Å². The molecular formula is C25H21F3N4O2S2. The van der Waals surface area contributed by atoms with Crippen molar-refractivity contribution in [3.63, 3.8) is 0 Å². The Morgan fingerprint density at radius 2 is 1.61 bits per heavy atom. The van der Waals surface area contributed by atoms with Gasteiger partial charge in [0.15, 0.2) is 10.8 Å². The quantitative estimate of drug-likeness (QED) is 0.335. The molecular weight excluding hydrogens is 509 g/mol. The Kier molecular flexibility index (Phi) is 7.14. The van der Waals surface area contributed by atoms with Crippen LogP contribution in [-0.4, -0.2) is 23.3 Å². The smallest absolute Gasteiger partial charge is 0.358 e. The highest BCUT2D eigenvalue weighted by Crippen LogP contribution is 2.33. The van der Waals surface area contributed by atoms with Crippen LogP contribution in [0.15, 0.2) is 89.8 Å². The fourth-order valence-corrected chi connectivity index (χ4v) is 4.74. The third-order valence-corrected chi connectivity index (χ3v) is 7.00. The average molecular weight is 531 g/mol. The molecule has 0 radical (unpaired) electrons. The number of rotatable bonds is 6. The number of nitrogens with zero attached hydrogens (tertiary/aromatic N) is 2. The van der Waals surface area contributed by atoms with Crippen molar-refractivity contribution >= 4 is 27.4 Å². The Hall–Kier alpha value is -3.70. The van der Waals surface area contributed by atoms with Gasteiger partial charge in [0.05, 0.1) is 16.3 Å². The molecule has 4 aromatic rings. The Bertz CT molecular complexity index is 1470. The molecule has 11 heteroatoms. The summed E-state index contributed by atoms with van der Waals surface area (Å²) in [5.41, 5.74) is 1.86. The summed E-state index contributed by atoms with van der Waals surface area (Å²) in [4.78, 5) is -0.102. The maximum atomic E-state index is 13.4. The molecule has 4 rings (SSSR count). The first-order valence-corrected chi connectivity index (χ1v) is 12.6. The van der Waals surface area contributed by atoms with Gasteiger partial charge in [-0.3, -0.25) is 4.72 Å². The molecule has 1 aromatic heterocycles. The monoisotopic (exact) mass is 530 g/mol. The zero-order valence-electron chi connectivity index (χ0n) is 19.0. The Labute approximate surface area is 211 Å². The molecule has 36 heavy (non-hydrogen) atoms. The van der Waals surface area contributed by atoms with Crippen molar-refractivity contribution in [2.45, 2.75) is 24.5 Å². The average Bonchev–Trinajstić information content (AvgIpc) is 3.30. The lowest BCUT2D eigenvalue weighted by molar-refractivity contribution is -0.141. The molecule has 1 heterocycles. The molecule has 3 aromatic carbocycles. The van der Waals surface area contributed by atoms with Gasteiger partial charge in [-0.25, -0.2) is 13.1 Å². The summed E-state index contributed by atoms with van der Waals surface area (Å²) in [5, 5.41) is 6.49. The molecule has 0 spiro atoms. The van der Waals surface area contributed by atoms with Crippen LogP contribution >= 0.6 is 12.2 Å². The second-order valence-corrected chi connectivity index (χ2v) is 10.0. The van der Waals surface area contributed by atoms with Crippen LogP contribution in [0.4, 0.5) is 13.2 Å². The van der Waals surface area contributed by atoms with Crippen LogP contribution in [0.25, 0.3) is 16.9 Å². The van der Waals surface area contributed by atoms with E-state index in [4.69, 9.17) is 12.2 Å². The lowest BCUT2D eigenvalue weighted by atomic mass is 10.1. The molecule has 0 unspecified atom stereocenters. The van der Waals surface area contributed by atoms with Gasteiger partial charge in [-0.15, -0.1) is 0 Å². The predicted molar refractivity (Wildman–Crippen MR) is 135 cm³/mol. The summed E-state index contributed by atoms with van der Waals surface area (Å²) in [6.07, 6.45) is -4.64. The van der Waals surface area contributed by atoms with Crippen LogP contribution in [-0.2, 0) is 22.7 Å². The van der Waals surface area contributed by atoms with Crippen LogP contribution in [0, 0.1) is 6.92 Å². The van der Waals surface area contributed by atoms with Crippen LogP contribution in [0.3, 0.4) is 0 Å². The van der Waals surface area contributed by atoms with Crippen LogP contribution in [0.5, 0.6) is 0 Å². The van der Waals surface area contributed by atoms with E-state index in [-0.39, 0.29) is 21.4 Å². The number of thiocarbonyl (C=S) groups is 1. The summed E-state index contributed by atoms with van der Waals surface area (Å²) in [6.45, 7) is 2.21. The van der Waals surface area contributed by atoms with E-state index in [1.54, 1.807) is 24.3 Å². The maximum Gasteiger partial charge on any atom is 0.435 e. The van der Waals surface area contributed by atoms with Gasteiger partial charge in [0.2, 0.25) is 0 Å². The molecule has 0 saturated carbocycles. The van der Waals surface area contributed by atoms with Gasteiger partial charge in [-0.1, -0.05) is 60.2 Å². The zero-order valence-corrected chi connectivity index (χ0v) is 20.6. The molecule has 0 saturated heterocycles. The molecule has 0 amide bonds. The maximum absolute atomic E-state index is 13.4. The first kappa shape index (κ1) is 25.4. The minimum Gasteiger partial charge on any atom is -0.358 e. The van der Waals surface area contributed by atoms with Gasteiger partial charge >= 0.3 is 6.18 Å². The number of nitrogens with one attached hydrogen (secondary N) is 2. The van der Waals surface area contributed by atoms with E-state index in [2.05, 4.69) is 15.1 Å². The molecule has 6 nitrogen and oxygen atoms in total. The van der Waals surface area contributed by atoms with Crippen molar-refractivity contribution in [2.75, 3.05) is 0 Å². The van der Waals surface area contributed by atoms with Crippen LogP contribution in [0.2, 0.25) is 0 Å². The summed E-state index contributed by atoms with van der Waals surface area (Å²) in [5.74, 6) is 0. The van der Waals surface area contributed by atoms with Gasteiger partial charge in [-0.2, -0.15) is 18.3 Å². The fraction of sp³-hybridized carbons (Fsp3) is 0.120. The molecule has 0 aliphatic rings. The van der Waals surface area contributed by atoms with Crippen molar-refractivity contribution in [1.82, 2.24) is 19.8 Å². The number of aromatic nitrogens is 2. The SMILES string of the molecule is Cc1ccc(-c2cc(C(F)(F)F)nn2-c2ccc(S(=O)(=O)NC(=S)NCc3ccccc3)cc2)cc1. The minimum atomic E-state index is -4.64. The second kappa shape index (κ2) is 10.1. The normalized spacial score (nSPS) is 11.8. The molecule has 0 atom stereocenters. The second-order valence-electron chi connectivity index (χ2n) is 7.96. The lowest BCUT2D eigenvalue weighted by Crippen LogP contribution is -2.38. The molecule has 0 aliphatic carbocycles. The number of benzene rings is 3. The molecule has 0 aliphatic heterocycles. The molecule has 0 fully saturated rings. The number of aryl methyl sites for hydroxylation is 1. The summed E-state index contributed by atoms with van der Waals surface area (Å²) >= 11 is 5.10. The largest absolute Gasteiger partial charge is 0.435 e. The van der Waals surface area contributed by atoms with E-state index >= 15 is 0 Å². The zero-order chi connectivity index (χ0) is 25.9. The van der Waals surface area contributed by atoms with E-state index in [1.165, 1.54) is 24.3 Å². The van der Waals surface area contributed by atoms with Crippen molar-refractivity contribution < 1.29 is 21.6 Å². The van der Waals surface area contributed by atoms with Gasteiger partial charge in [-0.05, 0) is 55.0 Å². The van der Waals surface area contributed by atoms with E-state index in [0.29, 0.717) is 12.1 Å². The third kappa shape index (κ3) is 5.92. The highest BCUT2D eigenvalue weighted by Gasteiger charge is 2.35. The van der Waals surface area contributed by atoms with Gasteiger partial charge in [0.1, 0.15) is 0 Å². The van der Waals surface area contributed by atoms with E-state index in [1.807, 2.05) is 37.3 Å². The number of hydrogen-bond acceptors (Lipinski definition) is 4. The van der Waals surface area contributed by atoms with Gasteiger partial charge in [0.25, 0.3) is 10.0 Å². The number of sulfonamides is 1. The number of alkyl halides is 3. The van der Waals surface area contributed by atoms with Crippen molar-refractivity contribution in [3.8, 4) is 16.9 Å². The minimum absolute atomic E-state index is 0.0773. The fourth-order valence-electron chi connectivity index (χ4n) is 3.41. The van der Waals surface area contributed by atoms with E-state index in [9.17, 15) is 21.6 Å². The third-order valence-electron chi connectivity index (χ3n) is 5.26. The highest BCUT2D eigenvalue weighted by molar-refractivity contribution is 7.91. The van der Waals surface area contributed by atoms with E-state index in [0.717, 1.165) is 21.9 Å². The predicted octanol–water partition coefficient (Wildman–Crippen LogP) is 5.22. The summed E-state index contributed by atoms with van der Waals surface area (Å²) < 4.78 is 69.2. The topological polar surface area (TPSA) is 76.0 Å². The highest BCUT2D eigenvalue weighted by atomic mass is 32.2. The summed E-state index contributed by atoms with van der Waals surface area (Å²) in [6, 6.07) is 22.6. The Morgan fingerprint density at radius 3 is 2.22 bits per heavy atom. The Balaban J connectivity index is 1.57. The van der Waals surface area contributed by atoms with Gasteiger partial charge < -0.3 is 5.32 Å². The first-order chi connectivity index (χ1) is 17.0. The molecule has 0 bridgehead atoms. The van der Waals surface area contributed by atoms with Gasteiger partial charge in [0, 0.05) is 12.1 Å². The number of halogens is 3. The van der Waals surface area contributed by atoms with Crippen LogP contribution < -0.4 is 10.0 Å². The van der Waals surface area contributed by atoms with Crippen molar-refractivity contribution in [1.29, 1.82) is 0 Å². The molecule has 186 valence electrons. The number of hydrogen-bond donors (Lipinski definition) is 2. The molecule has 2 N–H and O–H groups in total. The van der Waals surface area contributed by atoms with Crippen molar-refractivity contribution in [2.24, 2.45) is 0 Å². The Morgan fingerprint density at radius 1 is 0.972 bits per heavy atom. The lowest BCUT2D eigenvalue weighted by Gasteiger charge is -2.12. The van der Waals surface area contributed by atoms with Crippen molar-refractivity contribution in [3.05, 3.63) is 102 Å².